The Hall–Kier alpha value is -7.42. The van der Waals surface area contributed by atoms with Gasteiger partial charge in [0, 0.05) is 34.1 Å². The predicted molar refractivity (Wildman–Crippen MR) is 247 cm³/mol. The van der Waals surface area contributed by atoms with Gasteiger partial charge in [-0.1, -0.05) is 158 Å². The summed E-state index contributed by atoms with van der Waals surface area (Å²) in [6.45, 7) is 0. The van der Waals surface area contributed by atoms with Crippen molar-refractivity contribution < 1.29 is 0 Å². The lowest BCUT2D eigenvalue weighted by Crippen LogP contribution is -2.10. The zero-order valence-corrected chi connectivity index (χ0v) is 32.2. The van der Waals surface area contributed by atoms with Gasteiger partial charge in [-0.05, 0) is 141 Å². The number of hydrogen-bond acceptors (Lipinski definition) is 2. The van der Waals surface area contributed by atoms with Crippen LogP contribution in [0.15, 0.2) is 206 Å². The maximum Gasteiger partial charge on any atom is 0.0464 e. The summed E-state index contributed by atoms with van der Waals surface area (Å²) in [5.74, 6) is 0. The minimum Gasteiger partial charge on any atom is -0.310 e. The molecule has 0 saturated carbocycles. The second-order valence-electron chi connectivity index (χ2n) is 15.0. The number of allylic oxidation sites excluding steroid dienone is 2. The van der Waals surface area contributed by atoms with E-state index in [1.807, 2.05) is 0 Å². The van der Waals surface area contributed by atoms with E-state index in [2.05, 4.69) is 240 Å². The van der Waals surface area contributed by atoms with Gasteiger partial charge in [0.25, 0.3) is 0 Å². The van der Waals surface area contributed by atoms with E-state index in [0.717, 1.165) is 35.6 Å². The lowest BCUT2D eigenvalue weighted by Gasteiger charge is -2.26. The maximum atomic E-state index is 2.35. The molecule has 2 aliphatic rings. The van der Waals surface area contributed by atoms with Gasteiger partial charge in [0.1, 0.15) is 0 Å². The van der Waals surface area contributed by atoms with Crippen LogP contribution in [0.3, 0.4) is 0 Å². The number of nitrogens with zero attached hydrogens (tertiary/aromatic N) is 2. The summed E-state index contributed by atoms with van der Waals surface area (Å²) in [4.78, 5) is 4.67. The van der Waals surface area contributed by atoms with Gasteiger partial charge in [0.2, 0.25) is 0 Å². The van der Waals surface area contributed by atoms with Gasteiger partial charge in [-0.25, -0.2) is 0 Å². The van der Waals surface area contributed by atoms with Crippen LogP contribution in [0.2, 0.25) is 0 Å². The zero-order chi connectivity index (χ0) is 38.7. The minimum absolute atomic E-state index is 0.921. The molecule has 2 nitrogen and oxygen atoms in total. The molecule has 0 spiro atoms. The highest BCUT2D eigenvalue weighted by atomic mass is 15.1. The van der Waals surface area contributed by atoms with Gasteiger partial charge in [0.15, 0.2) is 0 Å². The molecule has 0 saturated heterocycles. The van der Waals surface area contributed by atoms with Crippen molar-refractivity contribution in [2.75, 3.05) is 9.80 Å². The molecule has 0 unspecified atom stereocenters. The van der Waals surface area contributed by atoms with Crippen molar-refractivity contribution in [2.45, 2.75) is 12.8 Å². The zero-order valence-electron chi connectivity index (χ0n) is 32.2. The van der Waals surface area contributed by atoms with Crippen molar-refractivity contribution >= 4 is 69.6 Å². The number of hydrogen-bond donors (Lipinski definition) is 0. The van der Waals surface area contributed by atoms with Crippen LogP contribution in [-0.4, -0.2) is 0 Å². The average Bonchev–Trinajstić information content (AvgIpc) is 3.92. The van der Waals surface area contributed by atoms with Crippen molar-refractivity contribution in [3.05, 3.63) is 251 Å². The van der Waals surface area contributed by atoms with Gasteiger partial charge < -0.3 is 9.80 Å². The summed E-state index contributed by atoms with van der Waals surface area (Å²) in [6.07, 6.45) is 11.0. The van der Waals surface area contributed by atoms with E-state index in [-0.39, 0.29) is 0 Å². The van der Waals surface area contributed by atoms with Gasteiger partial charge in [0.05, 0.1) is 0 Å². The van der Waals surface area contributed by atoms with Crippen molar-refractivity contribution in [1.82, 2.24) is 0 Å². The molecule has 276 valence electrons. The van der Waals surface area contributed by atoms with Gasteiger partial charge >= 0.3 is 0 Å². The van der Waals surface area contributed by atoms with Gasteiger partial charge in [-0.3, -0.25) is 0 Å². The molecule has 0 heterocycles. The first-order valence-electron chi connectivity index (χ1n) is 20.1. The third-order valence-electron chi connectivity index (χ3n) is 11.3. The molecule has 0 aliphatic heterocycles. The molecule has 0 N–H and O–H groups in total. The topological polar surface area (TPSA) is 6.48 Å². The fourth-order valence-electron chi connectivity index (χ4n) is 8.32. The first-order valence-corrected chi connectivity index (χ1v) is 20.1. The van der Waals surface area contributed by atoms with E-state index in [9.17, 15) is 0 Å². The third kappa shape index (κ3) is 7.20. The van der Waals surface area contributed by atoms with E-state index >= 15 is 0 Å². The SMILES string of the molecule is C1=C(c2ccc(/C=C/c3ccc(C4=Cc5ccc(N(c6ccccc6)c6ccccc6)cc5C4)cc3)cc2)Cc2cc(N(c3ccccc3)c3ccccc3)ccc21. The molecule has 58 heavy (non-hydrogen) atoms. The molecule has 2 aliphatic carbocycles. The van der Waals surface area contributed by atoms with E-state index < -0.39 is 0 Å². The lowest BCUT2D eigenvalue weighted by atomic mass is 10.0. The first-order chi connectivity index (χ1) is 28.7. The Morgan fingerprint density at radius 1 is 0.310 bits per heavy atom. The molecular formula is C56H42N2. The summed E-state index contributed by atoms with van der Waals surface area (Å²) in [5, 5.41) is 0. The minimum atomic E-state index is 0.921. The molecule has 8 aromatic carbocycles. The Balaban J connectivity index is 0.797. The van der Waals surface area contributed by atoms with E-state index in [1.165, 1.54) is 67.0 Å². The Morgan fingerprint density at radius 3 is 0.966 bits per heavy atom. The number of anilines is 6. The molecule has 0 fully saturated rings. The maximum absolute atomic E-state index is 2.35. The van der Waals surface area contributed by atoms with Crippen molar-refractivity contribution in [3.8, 4) is 0 Å². The molecule has 0 aromatic heterocycles. The van der Waals surface area contributed by atoms with Crippen molar-refractivity contribution in [3.63, 3.8) is 0 Å². The smallest absolute Gasteiger partial charge is 0.0464 e. The van der Waals surface area contributed by atoms with E-state index in [1.54, 1.807) is 0 Å². The number of fused-ring (bicyclic) bond motifs is 2. The molecule has 0 atom stereocenters. The standard InChI is InChI=1S/C56H42N2/c1-5-13-51(14-6-1)57(52-15-7-2-8-16-52)55-33-31-45-35-47(37-49(45)39-55)43-27-23-41(24-28-43)21-22-42-25-29-44(30-26-42)48-36-46-32-34-56(40-50(46)38-48)58(53-17-9-3-10-18-53)54-19-11-4-12-20-54/h1-36,39-40H,37-38H2/b22-21+. The largest absolute Gasteiger partial charge is 0.310 e. The molecular weight excluding hydrogens is 701 g/mol. The monoisotopic (exact) mass is 742 g/mol. The van der Waals surface area contributed by atoms with Gasteiger partial charge in [-0.2, -0.15) is 0 Å². The Bertz CT molecular complexity index is 2510. The molecule has 0 amide bonds. The average molecular weight is 743 g/mol. The van der Waals surface area contributed by atoms with Crippen molar-refractivity contribution in [2.24, 2.45) is 0 Å². The fourth-order valence-corrected chi connectivity index (χ4v) is 8.32. The van der Waals surface area contributed by atoms with Crippen LogP contribution < -0.4 is 9.80 Å². The highest BCUT2D eigenvalue weighted by Crippen LogP contribution is 2.41. The molecule has 0 bridgehead atoms. The molecule has 2 heteroatoms. The second kappa shape index (κ2) is 15.6. The summed E-state index contributed by atoms with van der Waals surface area (Å²) in [7, 11) is 0. The molecule has 10 rings (SSSR count). The summed E-state index contributed by atoms with van der Waals surface area (Å²) in [6, 6.07) is 74.1. The fraction of sp³-hybridized carbons (Fsp3) is 0.0357. The molecule has 0 radical (unpaired) electrons. The van der Waals surface area contributed by atoms with E-state index in [4.69, 9.17) is 0 Å². The third-order valence-corrected chi connectivity index (χ3v) is 11.3. The van der Waals surface area contributed by atoms with E-state index in [0.29, 0.717) is 0 Å². The van der Waals surface area contributed by atoms with Crippen LogP contribution in [0.4, 0.5) is 34.1 Å². The second-order valence-corrected chi connectivity index (χ2v) is 15.0. The normalized spacial score (nSPS) is 12.8. The summed E-state index contributed by atoms with van der Waals surface area (Å²) >= 11 is 0. The Labute approximate surface area is 341 Å². The van der Waals surface area contributed by atoms with Crippen LogP contribution in [0.25, 0.3) is 35.5 Å². The first kappa shape index (κ1) is 35.0. The summed E-state index contributed by atoms with van der Waals surface area (Å²) in [5.41, 5.74) is 19.9. The number of benzene rings is 8. The van der Waals surface area contributed by atoms with Crippen LogP contribution >= 0.6 is 0 Å². The highest BCUT2D eigenvalue weighted by Gasteiger charge is 2.20. The number of rotatable bonds is 10. The lowest BCUT2D eigenvalue weighted by molar-refractivity contribution is 1.25. The van der Waals surface area contributed by atoms with Gasteiger partial charge in [-0.15, -0.1) is 0 Å². The van der Waals surface area contributed by atoms with Crippen LogP contribution in [-0.2, 0) is 12.8 Å². The quantitative estimate of drug-likeness (QED) is 0.129. The summed E-state index contributed by atoms with van der Waals surface area (Å²) < 4.78 is 0. The Kier molecular flexibility index (Phi) is 9.43. The highest BCUT2D eigenvalue weighted by molar-refractivity contribution is 5.92. The van der Waals surface area contributed by atoms with Crippen LogP contribution in [0, 0.1) is 0 Å². The Morgan fingerprint density at radius 2 is 0.638 bits per heavy atom. The predicted octanol–water partition coefficient (Wildman–Crippen LogP) is 15.0. The molecule has 8 aromatic rings. The van der Waals surface area contributed by atoms with Crippen molar-refractivity contribution in [1.29, 1.82) is 0 Å². The number of para-hydroxylation sites is 4. The van der Waals surface area contributed by atoms with Crippen LogP contribution in [0.5, 0.6) is 0 Å². The van der Waals surface area contributed by atoms with Crippen LogP contribution in [0.1, 0.15) is 44.5 Å².